The van der Waals surface area contributed by atoms with Crippen LogP contribution in [-0.4, -0.2) is 34.2 Å². The van der Waals surface area contributed by atoms with Crippen LogP contribution in [0.3, 0.4) is 0 Å². The van der Waals surface area contributed by atoms with E-state index in [1.54, 1.807) is 42.5 Å². The minimum Gasteiger partial charge on any atom is -0.423 e. The third kappa shape index (κ3) is 6.42. The van der Waals surface area contributed by atoms with Gasteiger partial charge in [-0.15, -0.1) is 10.2 Å². The van der Waals surface area contributed by atoms with Crippen molar-refractivity contribution in [3.63, 3.8) is 0 Å². The lowest BCUT2D eigenvalue weighted by Gasteiger charge is -2.05. The average molecular weight is 486 g/mol. The lowest BCUT2D eigenvalue weighted by molar-refractivity contribution is -0.136. The summed E-state index contributed by atoms with van der Waals surface area (Å²) in [5, 5.41) is 14.9. The van der Waals surface area contributed by atoms with Crippen molar-refractivity contribution in [2.24, 2.45) is 5.10 Å². The van der Waals surface area contributed by atoms with Crippen LogP contribution in [0.2, 0.25) is 0 Å². The number of nitrogens with zero attached hydrogens (tertiary/aromatic N) is 3. The minimum absolute atomic E-state index is 0.198. The molecule has 0 saturated heterocycles. The zero-order chi connectivity index (χ0) is 24.6. The summed E-state index contributed by atoms with van der Waals surface area (Å²) in [5.41, 5.74) is 5.05. The Hall–Kier alpha value is -4.70. The number of rotatable bonds is 6. The number of carbonyl (C=O) groups is 3. The van der Waals surface area contributed by atoms with Crippen LogP contribution in [0.25, 0.3) is 10.6 Å². The van der Waals surface area contributed by atoms with Gasteiger partial charge in [-0.3, -0.25) is 14.9 Å². The smallest absolute Gasteiger partial charge is 0.343 e. The Kier molecular flexibility index (Phi) is 7.34. The molecular weight excluding hydrogens is 466 g/mol. The molecule has 4 aromatic rings. The predicted octanol–water partition coefficient (Wildman–Crippen LogP) is 3.82. The largest absolute Gasteiger partial charge is 0.423 e. The first-order valence-electron chi connectivity index (χ1n) is 10.4. The number of nitrogens with one attached hydrogen (secondary N) is 2. The zero-order valence-corrected chi connectivity index (χ0v) is 19.3. The van der Waals surface area contributed by atoms with E-state index in [0.29, 0.717) is 21.9 Å². The van der Waals surface area contributed by atoms with Crippen LogP contribution in [-0.2, 0) is 9.59 Å². The van der Waals surface area contributed by atoms with Crippen LogP contribution in [0.4, 0.5) is 5.13 Å². The van der Waals surface area contributed by atoms with Crippen molar-refractivity contribution in [1.82, 2.24) is 15.6 Å². The summed E-state index contributed by atoms with van der Waals surface area (Å²) in [6, 6.07) is 23.0. The van der Waals surface area contributed by atoms with E-state index < -0.39 is 17.8 Å². The second kappa shape index (κ2) is 10.9. The Morgan fingerprint density at radius 1 is 0.914 bits per heavy atom. The van der Waals surface area contributed by atoms with Gasteiger partial charge in [0.15, 0.2) is 0 Å². The van der Waals surface area contributed by atoms with Crippen molar-refractivity contribution >= 4 is 40.5 Å². The van der Waals surface area contributed by atoms with Crippen LogP contribution < -0.4 is 15.5 Å². The molecule has 3 aromatic carbocycles. The number of amides is 2. The Balaban J connectivity index is 1.27. The third-order valence-electron chi connectivity index (χ3n) is 4.60. The van der Waals surface area contributed by atoms with Crippen LogP contribution in [0, 0.1) is 6.92 Å². The summed E-state index contributed by atoms with van der Waals surface area (Å²) in [5.74, 6) is -1.97. The molecule has 35 heavy (non-hydrogen) atoms. The summed E-state index contributed by atoms with van der Waals surface area (Å²) >= 11 is 1.15. The first-order chi connectivity index (χ1) is 17.0. The molecule has 2 N–H and O–H groups in total. The van der Waals surface area contributed by atoms with Gasteiger partial charge < -0.3 is 4.74 Å². The summed E-state index contributed by atoms with van der Waals surface area (Å²) < 4.78 is 5.35. The van der Waals surface area contributed by atoms with Gasteiger partial charge in [0.2, 0.25) is 5.13 Å². The Morgan fingerprint density at radius 2 is 1.69 bits per heavy atom. The van der Waals surface area contributed by atoms with E-state index in [0.717, 1.165) is 22.5 Å². The molecule has 0 aliphatic carbocycles. The molecule has 0 unspecified atom stereocenters. The first-order valence-corrected chi connectivity index (χ1v) is 11.2. The van der Waals surface area contributed by atoms with Crippen molar-refractivity contribution < 1.29 is 19.1 Å². The Labute approximate surface area is 204 Å². The molecule has 0 fully saturated rings. The van der Waals surface area contributed by atoms with E-state index in [1.165, 1.54) is 6.21 Å². The highest BCUT2D eigenvalue weighted by Crippen LogP contribution is 2.25. The monoisotopic (exact) mass is 485 g/mol. The SMILES string of the molecule is Cc1cccc(C(=O)Oc2ccc(C=NNC(=O)C(=O)Nc3nnc(-c4ccccc4)s3)cc2)c1. The number of hydrazone groups is 1. The quantitative estimate of drug-likeness (QED) is 0.141. The lowest BCUT2D eigenvalue weighted by Crippen LogP contribution is -2.32. The molecule has 0 spiro atoms. The maximum Gasteiger partial charge on any atom is 0.343 e. The molecule has 0 radical (unpaired) electrons. The Bertz CT molecular complexity index is 1380. The Morgan fingerprint density at radius 3 is 2.43 bits per heavy atom. The van der Waals surface area contributed by atoms with E-state index in [1.807, 2.05) is 43.3 Å². The number of hydrogen-bond acceptors (Lipinski definition) is 8. The highest BCUT2D eigenvalue weighted by molar-refractivity contribution is 7.18. The van der Waals surface area contributed by atoms with Crippen LogP contribution in [0.5, 0.6) is 5.75 Å². The van der Waals surface area contributed by atoms with Crippen LogP contribution >= 0.6 is 11.3 Å². The number of aromatic nitrogens is 2. The van der Waals surface area contributed by atoms with E-state index in [4.69, 9.17) is 4.74 Å². The van der Waals surface area contributed by atoms with Crippen LogP contribution in [0.1, 0.15) is 21.5 Å². The van der Waals surface area contributed by atoms with Gasteiger partial charge in [-0.05, 0) is 48.9 Å². The fourth-order valence-electron chi connectivity index (χ4n) is 2.90. The highest BCUT2D eigenvalue weighted by Gasteiger charge is 2.16. The molecular formula is C25H19N5O4S. The summed E-state index contributed by atoms with van der Waals surface area (Å²) in [7, 11) is 0. The van der Waals surface area contributed by atoms with E-state index in [9.17, 15) is 14.4 Å². The third-order valence-corrected chi connectivity index (χ3v) is 5.48. The predicted molar refractivity (Wildman–Crippen MR) is 132 cm³/mol. The molecule has 1 heterocycles. The molecule has 1 aromatic heterocycles. The van der Waals surface area contributed by atoms with Crippen molar-refractivity contribution in [1.29, 1.82) is 0 Å². The summed E-state index contributed by atoms with van der Waals surface area (Å²) in [6.07, 6.45) is 1.36. The van der Waals surface area contributed by atoms with Gasteiger partial charge in [-0.2, -0.15) is 5.10 Å². The maximum atomic E-state index is 12.2. The molecule has 4 rings (SSSR count). The van der Waals surface area contributed by atoms with Gasteiger partial charge in [0.1, 0.15) is 10.8 Å². The average Bonchev–Trinajstić information content (AvgIpc) is 3.34. The van der Waals surface area contributed by atoms with Crippen molar-refractivity contribution in [2.75, 3.05) is 5.32 Å². The number of hydrogen-bond donors (Lipinski definition) is 2. The van der Waals surface area contributed by atoms with Gasteiger partial charge >= 0.3 is 17.8 Å². The second-order valence-corrected chi connectivity index (χ2v) is 8.24. The molecule has 0 aliphatic rings. The summed E-state index contributed by atoms with van der Waals surface area (Å²) in [4.78, 5) is 36.3. The molecule has 9 nitrogen and oxygen atoms in total. The molecule has 174 valence electrons. The number of anilines is 1. The molecule has 0 saturated carbocycles. The number of benzene rings is 3. The number of ether oxygens (including phenoxy) is 1. The normalized spacial score (nSPS) is 10.7. The fraction of sp³-hybridized carbons (Fsp3) is 0.0400. The highest BCUT2D eigenvalue weighted by atomic mass is 32.1. The molecule has 0 bridgehead atoms. The van der Waals surface area contributed by atoms with Gasteiger partial charge in [-0.25, -0.2) is 10.2 Å². The second-order valence-electron chi connectivity index (χ2n) is 7.26. The zero-order valence-electron chi connectivity index (χ0n) is 18.5. The molecule has 0 atom stereocenters. The van der Waals surface area contributed by atoms with Gasteiger partial charge in [0.25, 0.3) is 0 Å². The topological polar surface area (TPSA) is 123 Å². The van der Waals surface area contributed by atoms with Crippen molar-refractivity contribution in [2.45, 2.75) is 6.92 Å². The minimum atomic E-state index is -0.957. The van der Waals surface area contributed by atoms with E-state index in [-0.39, 0.29) is 5.13 Å². The van der Waals surface area contributed by atoms with Crippen molar-refractivity contribution in [3.05, 3.63) is 95.6 Å². The maximum absolute atomic E-state index is 12.2. The van der Waals surface area contributed by atoms with Crippen molar-refractivity contribution in [3.8, 4) is 16.3 Å². The number of aryl methyl sites for hydroxylation is 1. The van der Waals surface area contributed by atoms with E-state index >= 15 is 0 Å². The number of esters is 1. The molecule has 10 heteroatoms. The van der Waals surface area contributed by atoms with E-state index in [2.05, 4.69) is 26.0 Å². The molecule has 2 amide bonds. The summed E-state index contributed by atoms with van der Waals surface area (Å²) in [6.45, 7) is 1.89. The van der Waals surface area contributed by atoms with Gasteiger partial charge in [-0.1, -0.05) is 59.4 Å². The fourth-order valence-corrected chi connectivity index (χ4v) is 3.65. The number of carbonyl (C=O) groups excluding carboxylic acids is 3. The van der Waals surface area contributed by atoms with Gasteiger partial charge in [0.05, 0.1) is 11.8 Å². The van der Waals surface area contributed by atoms with Gasteiger partial charge in [0, 0.05) is 5.56 Å². The lowest BCUT2D eigenvalue weighted by atomic mass is 10.1. The standard InChI is InChI=1S/C25H19N5O4S/c1-16-6-5-9-19(14-16)24(33)34-20-12-10-17(11-13-20)15-26-28-22(32)21(31)27-25-30-29-23(35-25)18-7-3-2-4-8-18/h2-15H,1H3,(H,28,32)(H,27,30,31). The van der Waals surface area contributed by atoms with Crippen LogP contribution in [0.15, 0.2) is 84.0 Å². The molecule has 0 aliphatic heterocycles. The first kappa shape index (κ1) is 23.5.